The van der Waals surface area contributed by atoms with E-state index in [1.165, 1.54) is 4.31 Å². The summed E-state index contributed by atoms with van der Waals surface area (Å²) in [4.78, 5) is 13.0. The van der Waals surface area contributed by atoms with Gasteiger partial charge in [-0.15, -0.1) is 0 Å². The van der Waals surface area contributed by atoms with E-state index in [9.17, 15) is 13.2 Å². The molecule has 30 heavy (non-hydrogen) atoms. The molecule has 6 nitrogen and oxygen atoms in total. The SMILES string of the molecule is CC(C)c1ccccc1NC(=O)C1CN(S(C)(=O)=O)c2cc(C(C)(C)C)ccc2O1. The Morgan fingerprint density at radius 3 is 2.43 bits per heavy atom. The van der Waals surface area contributed by atoms with Gasteiger partial charge in [0, 0.05) is 5.69 Å². The Morgan fingerprint density at radius 1 is 1.17 bits per heavy atom. The van der Waals surface area contributed by atoms with E-state index in [4.69, 9.17) is 4.74 Å². The molecular formula is C23H30N2O4S. The number of sulfonamides is 1. The first-order valence-electron chi connectivity index (χ1n) is 10.1. The van der Waals surface area contributed by atoms with Gasteiger partial charge >= 0.3 is 0 Å². The highest BCUT2D eigenvalue weighted by atomic mass is 32.2. The number of para-hydroxylation sites is 1. The van der Waals surface area contributed by atoms with Gasteiger partial charge < -0.3 is 10.1 Å². The van der Waals surface area contributed by atoms with Crippen molar-refractivity contribution < 1.29 is 17.9 Å². The van der Waals surface area contributed by atoms with Gasteiger partial charge in [-0.1, -0.05) is 58.9 Å². The Bertz CT molecular complexity index is 1060. The van der Waals surface area contributed by atoms with Crippen LogP contribution in [0.25, 0.3) is 0 Å². The van der Waals surface area contributed by atoms with Crippen molar-refractivity contribution in [3.8, 4) is 5.75 Å². The number of ether oxygens (including phenoxy) is 1. The van der Waals surface area contributed by atoms with Crippen LogP contribution < -0.4 is 14.4 Å². The van der Waals surface area contributed by atoms with Gasteiger partial charge in [0.15, 0.2) is 6.10 Å². The summed E-state index contributed by atoms with van der Waals surface area (Å²) in [6.45, 7) is 10.2. The Kier molecular flexibility index (Phi) is 5.87. The molecule has 1 aliphatic heterocycles. The molecule has 1 N–H and O–H groups in total. The molecule has 3 rings (SSSR count). The van der Waals surface area contributed by atoms with Crippen molar-refractivity contribution in [2.24, 2.45) is 0 Å². The smallest absolute Gasteiger partial charge is 0.267 e. The lowest BCUT2D eigenvalue weighted by Gasteiger charge is -2.35. The molecule has 2 aromatic carbocycles. The topological polar surface area (TPSA) is 75.7 Å². The maximum atomic E-state index is 13.0. The van der Waals surface area contributed by atoms with E-state index in [2.05, 4.69) is 39.9 Å². The number of hydrogen-bond acceptors (Lipinski definition) is 4. The lowest BCUT2D eigenvalue weighted by atomic mass is 9.86. The standard InChI is InChI=1S/C23H30N2O4S/c1-15(2)17-9-7-8-10-18(17)24-22(26)21-14-25(30(6,27)28)19-13-16(23(3,4)5)11-12-20(19)29-21/h7-13,15,21H,14H2,1-6H3,(H,24,26). The third-order valence-electron chi connectivity index (χ3n) is 5.23. The van der Waals surface area contributed by atoms with E-state index in [1.54, 1.807) is 6.07 Å². The van der Waals surface area contributed by atoms with Crippen LogP contribution >= 0.6 is 0 Å². The maximum Gasteiger partial charge on any atom is 0.267 e. The second-order valence-electron chi connectivity index (χ2n) is 9.06. The van der Waals surface area contributed by atoms with Crippen LogP contribution in [0, 0.1) is 0 Å². The zero-order valence-corrected chi connectivity index (χ0v) is 19.2. The van der Waals surface area contributed by atoms with Crippen molar-refractivity contribution in [1.29, 1.82) is 0 Å². The van der Waals surface area contributed by atoms with Crippen molar-refractivity contribution in [2.75, 3.05) is 22.4 Å². The molecule has 0 spiro atoms. The lowest BCUT2D eigenvalue weighted by molar-refractivity contribution is -0.122. The molecule has 1 atom stereocenters. The molecule has 0 saturated carbocycles. The highest BCUT2D eigenvalue weighted by molar-refractivity contribution is 7.92. The molecule has 7 heteroatoms. The average Bonchev–Trinajstić information content (AvgIpc) is 2.65. The second-order valence-corrected chi connectivity index (χ2v) is 11.0. The summed E-state index contributed by atoms with van der Waals surface area (Å²) >= 11 is 0. The molecule has 0 fully saturated rings. The number of carbonyl (C=O) groups excluding carboxylic acids is 1. The summed E-state index contributed by atoms with van der Waals surface area (Å²) in [5.74, 6) is 0.247. The van der Waals surface area contributed by atoms with Crippen molar-refractivity contribution in [2.45, 2.75) is 52.1 Å². The van der Waals surface area contributed by atoms with Crippen molar-refractivity contribution in [3.63, 3.8) is 0 Å². The molecule has 0 radical (unpaired) electrons. The summed E-state index contributed by atoms with van der Waals surface area (Å²) in [5, 5.41) is 2.91. The van der Waals surface area contributed by atoms with Crippen LogP contribution in [0.3, 0.4) is 0 Å². The summed E-state index contributed by atoms with van der Waals surface area (Å²) in [7, 11) is -3.59. The zero-order chi connectivity index (χ0) is 22.3. The van der Waals surface area contributed by atoms with Gasteiger partial charge in [0.2, 0.25) is 10.0 Å². The van der Waals surface area contributed by atoms with E-state index >= 15 is 0 Å². The van der Waals surface area contributed by atoms with Gasteiger partial charge in [0.1, 0.15) is 5.75 Å². The van der Waals surface area contributed by atoms with Crippen LogP contribution in [0.5, 0.6) is 5.75 Å². The minimum atomic E-state index is -3.59. The molecule has 162 valence electrons. The van der Waals surface area contributed by atoms with Crippen LogP contribution in [0.4, 0.5) is 11.4 Å². The Balaban J connectivity index is 1.94. The molecule has 2 aromatic rings. The van der Waals surface area contributed by atoms with Gasteiger partial charge in [-0.2, -0.15) is 0 Å². The maximum absolute atomic E-state index is 13.0. The third-order valence-corrected chi connectivity index (χ3v) is 6.37. The first-order chi connectivity index (χ1) is 13.9. The van der Waals surface area contributed by atoms with Crippen molar-refractivity contribution in [3.05, 3.63) is 53.6 Å². The molecule has 0 saturated heterocycles. The number of hydrogen-bond donors (Lipinski definition) is 1. The van der Waals surface area contributed by atoms with Crippen LogP contribution in [0.1, 0.15) is 51.7 Å². The number of benzene rings is 2. The second kappa shape index (κ2) is 7.95. The lowest BCUT2D eigenvalue weighted by Crippen LogP contribution is -2.48. The number of carbonyl (C=O) groups is 1. The van der Waals surface area contributed by atoms with E-state index in [0.29, 0.717) is 17.1 Å². The summed E-state index contributed by atoms with van der Waals surface area (Å²) in [5.41, 5.74) is 3.04. The number of nitrogens with zero attached hydrogens (tertiary/aromatic N) is 1. The van der Waals surface area contributed by atoms with Gasteiger partial charge in [0.25, 0.3) is 5.91 Å². The largest absolute Gasteiger partial charge is 0.476 e. The number of fused-ring (bicyclic) bond motifs is 1. The predicted octanol–water partition coefficient (Wildman–Crippen LogP) is 4.27. The monoisotopic (exact) mass is 430 g/mol. The minimum Gasteiger partial charge on any atom is -0.476 e. The van der Waals surface area contributed by atoms with E-state index in [-0.39, 0.29) is 23.8 Å². The quantitative estimate of drug-likeness (QED) is 0.786. The van der Waals surface area contributed by atoms with Gasteiger partial charge in [0.05, 0.1) is 18.5 Å². The Hall–Kier alpha value is -2.54. The molecule has 0 bridgehead atoms. The minimum absolute atomic E-state index is 0.0743. The molecular weight excluding hydrogens is 400 g/mol. The molecule has 0 aromatic heterocycles. The zero-order valence-electron chi connectivity index (χ0n) is 18.4. The molecule has 1 amide bonds. The number of amides is 1. The van der Waals surface area contributed by atoms with E-state index < -0.39 is 16.1 Å². The summed E-state index contributed by atoms with van der Waals surface area (Å²) < 4.78 is 32.2. The fourth-order valence-electron chi connectivity index (χ4n) is 3.50. The fourth-order valence-corrected chi connectivity index (χ4v) is 4.40. The Morgan fingerprint density at radius 2 is 1.83 bits per heavy atom. The summed E-state index contributed by atoms with van der Waals surface area (Å²) in [6.07, 6.45) is 0.197. The molecule has 1 unspecified atom stereocenters. The van der Waals surface area contributed by atoms with E-state index in [1.807, 2.05) is 36.4 Å². The highest BCUT2D eigenvalue weighted by Gasteiger charge is 2.36. The van der Waals surface area contributed by atoms with Gasteiger partial charge in [-0.05, 0) is 40.7 Å². The molecule has 1 heterocycles. The van der Waals surface area contributed by atoms with Gasteiger partial charge in [-0.25, -0.2) is 8.42 Å². The van der Waals surface area contributed by atoms with Gasteiger partial charge in [-0.3, -0.25) is 9.10 Å². The van der Waals surface area contributed by atoms with E-state index in [0.717, 1.165) is 17.4 Å². The number of rotatable bonds is 4. The first-order valence-corrected chi connectivity index (χ1v) is 11.9. The average molecular weight is 431 g/mol. The predicted molar refractivity (Wildman–Crippen MR) is 121 cm³/mol. The Labute approximate surface area is 179 Å². The summed E-state index contributed by atoms with van der Waals surface area (Å²) in [6, 6.07) is 13.1. The number of anilines is 2. The molecule has 1 aliphatic rings. The van der Waals surface area contributed by atoms with Crippen LogP contribution in [0.2, 0.25) is 0 Å². The first kappa shape index (κ1) is 22.2. The molecule has 0 aliphatic carbocycles. The highest BCUT2D eigenvalue weighted by Crippen LogP contribution is 2.38. The van der Waals surface area contributed by atoms with Crippen LogP contribution in [-0.4, -0.2) is 33.2 Å². The van der Waals surface area contributed by atoms with Crippen LogP contribution in [-0.2, 0) is 20.2 Å². The van der Waals surface area contributed by atoms with Crippen molar-refractivity contribution >= 4 is 27.3 Å². The van der Waals surface area contributed by atoms with Crippen molar-refractivity contribution in [1.82, 2.24) is 0 Å². The third kappa shape index (κ3) is 4.61. The normalized spacial score (nSPS) is 16.8. The van der Waals surface area contributed by atoms with Crippen LogP contribution in [0.15, 0.2) is 42.5 Å². The fraction of sp³-hybridized carbons (Fsp3) is 0.435. The number of nitrogens with one attached hydrogen (secondary N) is 1.